The van der Waals surface area contributed by atoms with Gasteiger partial charge in [0.2, 0.25) is 0 Å². The van der Waals surface area contributed by atoms with Crippen LogP contribution in [-0.2, 0) is 6.54 Å². The Morgan fingerprint density at radius 1 is 1.50 bits per heavy atom. The molecule has 2 rings (SSSR count). The summed E-state index contributed by atoms with van der Waals surface area (Å²) in [6.07, 6.45) is 1.81. The van der Waals surface area contributed by atoms with Crippen molar-refractivity contribution in [3.63, 3.8) is 0 Å². The average molecular weight is 235 g/mol. The maximum absolute atomic E-state index is 4.54. The highest BCUT2D eigenvalue weighted by Crippen LogP contribution is 2.19. The summed E-state index contributed by atoms with van der Waals surface area (Å²) in [7, 11) is 0. The maximum Gasteiger partial charge on any atom is 0.157 e. The van der Waals surface area contributed by atoms with Crippen molar-refractivity contribution in [2.24, 2.45) is 10.9 Å². The van der Waals surface area contributed by atoms with Crippen LogP contribution in [0.15, 0.2) is 29.4 Å². The summed E-state index contributed by atoms with van der Waals surface area (Å²) >= 11 is 1.81. The Labute approximate surface area is 101 Å². The third-order valence-electron chi connectivity index (χ3n) is 2.80. The van der Waals surface area contributed by atoms with Gasteiger partial charge in [0.1, 0.15) is 0 Å². The van der Waals surface area contributed by atoms with Gasteiger partial charge in [-0.1, -0.05) is 24.8 Å². The van der Waals surface area contributed by atoms with Gasteiger partial charge in [-0.2, -0.15) is 0 Å². The van der Waals surface area contributed by atoms with Crippen molar-refractivity contribution >= 4 is 16.9 Å². The molecular formula is C12H17N3S. The molecule has 1 aliphatic rings. The van der Waals surface area contributed by atoms with E-state index >= 15 is 0 Å². The van der Waals surface area contributed by atoms with Crippen LogP contribution >= 0.6 is 11.8 Å². The largest absolute Gasteiger partial charge is 0.362 e. The molecule has 2 unspecified atom stereocenters. The second-order valence-corrected chi connectivity index (χ2v) is 5.17. The molecule has 1 aromatic rings. The van der Waals surface area contributed by atoms with Crippen LogP contribution in [0, 0.1) is 5.92 Å². The molecule has 2 atom stereocenters. The minimum atomic E-state index is 0.517. The van der Waals surface area contributed by atoms with Crippen LogP contribution in [0.25, 0.3) is 0 Å². The molecule has 0 saturated carbocycles. The highest BCUT2D eigenvalue weighted by Gasteiger charge is 2.20. The molecule has 0 bridgehead atoms. The first kappa shape index (κ1) is 11.5. The molecule has 0 radical (unpaired) electrons. The summed E-state index contributed by atoms with van der Waals surface area (Å²) in [5, 5.41) is 4.47. The number of pyridine rings is 1. The number of nitrogens with one attached hydrogen (secondary N) is 1. The molecule has 2 heterocycles. The van der Waals surface area contributed by atoms with Gasteiger partial charge >= 0.3 is 0 Å². The highest BCUT2D eigenvalue weighted by atomic mass is 32.2. The lowest BCUT2D eigenvalue weighted by atomic mass is 10.1. The Balaban J connectivity index is 1.93. The highest BCUT2D eigenvalue weighted by molar-refractivity contribution is 8.13. The predicted octanol–water partition coefficient (Wildman–Crippen LogP) is 2.30. The van der Waals surface area contributed by atoms with Crippen molar-refractivity contribution in [1.29, 1.82) is 0 Å². The molecule has 0 amide bonds. The molecule has 16 heavy (non-hydrogen) atoms. The summed E-state index contributed by atoms with van der Waals surface area (Å²) in [4.78, 5) is 8.80. The van der Waals surface area contributed by atoms with Gasteiger partial charge in [0.05, 0.1) is 12.2 Å². The summed E-state index contributed by atoms with van der Waals surface area (Å²) in [6.45, 7) is 5.14. The van der Waals surface area contributed by atoms with E-state index in [9.17, 15) is 0 Å². The normalized spacial score (nSPS) is 27.8. The van der Waals surface area contributed by atoms with E-state index in [-0.39, 0.29) is 0 Å². The number of hydrogen-bond donors (Lipinski definition) is 1. The topological polar surface area (TPSA) is 37.3 Å². The molecule has 1 N–H and O–H groups in total. The lowest BCUT2D eigenvalue weighted by Gasteiger charge is -2.28. The third-order valence-corrected chi connectivity index (χ3v) is 4.01. The van der Waals surface area contributed by atoms with Crippen LogP contribution in [0.5, 0.6) is 0 Å². The van der Waals surface area contributed by atoms with E-state index in [0.29, 0.717) is 18.5 Å². The fourth-order valence-corrected chi connectivity index (χ4v) is 2.60. The number of nitrogens with zero attached hydrogens (tertiary/aromatic N) is 2. The minimum absolute atomic E-state index is 0.517. The van der Waals surface area contributed by atoms with E-state index in [1.807, 2.05) is 24.4 Å². The summed E-state index contributed by atoms with van der Waals surface area (Å²) in [6, 6.07) is 6.44. The Bertz CT molecular complexity index is 364. The number of rotatable bonds is 2. The van der Waals surface area contributed by atoms with Crippen LogP contribution in [0.1, 0.15) is 19.5 Å². The van der Waals surface area contributed by atoms with Crippen LogP contribution in [0.2, 0.25) is 0 Å². The van der Waals surface area contributed by atoms with Crippen molar-refractivity contribution in [1.82, 2.24) is 10.3 Å². The molecule has 1 aliphatic heterocycles. The van der Waals surface area contributed by atoms with E-state index in [1.54, 1.807) is 11.8 Å². The number of aliphatic imine (C=N–C) groups is 1. The van der Waals surface area contributed by atoms with Gasteiger partial charge < -0.3 is 5.32 Å². The van der Waals surface area contributed by atoms with Gasteiger partial charge in [0, 0.05) is 18.0 Å². The monoisotopic (exact) mass is 235 g/mol. The average Bonchev–Trinajstić information content (AvgIpc) is 2.32. The standard InChI is InChI=1S/C12H17N3S/c1-9-8-16-12(15-10(9)2)14-7-11-5-3-4-6-13-11/h3-6,9-10H,7-8H2,1-2H3,(H,14,15). The SMILES string of the molecule is CC1CSC(=NCc2ccccn2)NC1C. The van der Waals surface area contributed by atoms with Gasteiger partial charge in [0.25, 0.3) is 0 Å². The van der Waals surface area contributed by atoms with Crippen LogP contribution in [0.4, 0.5) is 0 Å². The number of hydrogen-bond acceptors (Lipinski definition) is 3. The van der Waals surface area contributed by atoms with Crippen LogP contribution < -0.4 is 5.32 Å². The van der Waals surface area contributed by atoms with Gasteiger partial charge in [0.15, 0.2) is 5.17 Å². The van der Waals surface area contributed by atoms with Gasteiger partial charge in [-0.15, -0.1) is 0 Å². The summed E-state index contributed by atoms with van der Waals surface area (Å²) < 4.78 is 0. The van der Waals surface area contributed by atoms with Crippen molar-refractivity contribution in [3.05, 3.63) is 30.1 Å². The molecule has 3 nitrogen and oxygen atoms in total. The molecule has 4 heteroatoms. The maximum atomic E-state index is 4.54. The predicted molar refractivity (Wildman–Crippen MR) is 69.6 cm³/mol. The van der Waals surface area contributed by atoms with Crippen molar-refractivity contribution in [2.45, 2.75) is 26.4 Å². The Morgan fingerprint density at radius 3 is 3.06 bits per heavy atom. The zero-order chi connectivity index (χ0) is 11.4. The molecule has 86 valence electrons. The number of aromatic nitrogens is 1. The second-order valence-electron chi connectivity index (χ2n) is 4.16. The van der Waals surface area contributed by atoms with E-state index in [0.717, 1.165) is 16.6 Å². The first-order valence-corrected chi connectivity index (χ1v) is 6.58. The number of amidine groups is 1. The Morgan fingerprint density at radius 2 is 2.38 bits per heavy atom. The number of thioether (sulfide) groups is 1. The summed E-state index contributed by atoms with van der Waals surface area (Å²) in [5.74, 6) is 1.86. The van der Waals surface area contributed by atoms with E-state index in [4.69, 9.17) is 0 Å². The quantitative estimate of drug-likeness (QED) is 0.854. The molecular weight excluding hydrogens is 218 g/mol. The molecule has 0 spiro atoms. The molecule has 0 aromatic carbocycles. The zero-order valence-electron chi connectivity index (χ0n) is 9.68. The Hall–Kier alpha value is -1.03. The van der Waals surface area contributed by atoms with Gasteiger partial charge in [-0.05, 0) is 25.0 Å². The fraction of sp³-hybridized carbons (Fsp3) is 0.500. The first-order chi connectivity index (χ1) is 7.75. The third kappa shape index (κ3) is 2.98. The van der Waals surface area contributed by atoms with Crippen molar-refractivity contribution < 1.29 is 0 Å². The van der Waals surface area contributed by atoms with E-state index in [1.165, 1.54) is 0 Å². The van der Waals surface area contributed by atoms with E-state index < -0.39 is 0 Å². The van der Waals surface area contributed by atoms with Crippen molar-refractivity contribution in [3.8, 4) is 0 Å². The molecule has 1 saturated heterocycles. The molecule has 1 aromatic heterocycles. The lowest BCUT2D eigenvalue weighted by Crippen LogP contribution is -2.41. The summed E-state index contributed by atoms with van der Waals surface area (Å²) in [5.41, 5.74) is 1.02. The first-order valence-electron chi connectivity index (χ1n) is 5.59. The van der Waals surface area contributed by atoms with Crippen LogP contribution in [0.3, 0.4) is 0 Å². The van der Waals surface area contributed by atoms with Gasteiger partial charge in [-0.3, -0.25) is 9.98 Å². The van der Waals surface area contributed by atoms with Crippen molar-refractivity contribution in [2.75, 3.05) is 5.75 Å². The Kier molecular flexibility index (Phi) is 3.83. The lowest BCUT2D eigenvalue weighted by molar-refractivity contribution is 0.490. The smallest absolute Gasteiger partial charge is 0.157 e. The minimum Gasteiger partial charge on any atom is -0.362 e. The second kappa shape index (κ2) is 5.34. The zero-order valence-corrected chi connectivity index (χ0v) is 10.5. The van der Waals surface area contributed by atoms with Gasteiger partial charge in [-0.25, -0.2) is 0 Å². The fourth-order valence-electron chi connectivity index (χ4n) is 1.47. The van der Waals surface area contributed by atoms with Crippen LogP contribution in [-0.4, -0.2) is 21.9 Å². The van der Waals surface area contributed by atoms with E-state index in [2.05, 4.69) is 29.1 Å². The molecule has 0 aliphatic carbocycles. The molecule has 1 fully saturated rings.